The lowest BCUT2D eigenvalue weighted by atomic mass is 10.1. The van der Waals surface area contributed by atoms with E-state index >= 15 is 0 Å². The lowest BCUT2D eigenvalue weighted by molar-refractivity contribution is 0.243. The minimum Gasteiger partial charge on any atom is -0.490 e. The smallest absolute Gasteiger partial charge is 0.133 e. The molecule has 2 rings (SSSR count). The highest BCUT2D eigenvalue weighted by molar-refractivity contribution is 5.68. The molecule has 1 heterocycles. The van der Waals surface area contributed by atoms with E-state index in [1.54, 1.807) is 6.07 Å². The molecule has 0 spiro atoms. The molecule has 4 heteroatoms. The minimum atomic E-state index is 0.111. The molecular weight excluding hydrogens is 250 g/mol. The topological polar surface area (TPSA) is 61.0 Å². The van der Waals surface area contributed by atoms with Crippen LogP contribution in [0, 0.1) is 0 Å². The van der Waals surface area contributed by atoms with Crippen LogP contribution < -0.4 is 10.5 Å². The molecule has 0 fully saturated rings. The average molecular weight is 271 g/mol. The van der Waals surface area contributed by atoms with E-state index in [1.807, 2.05) is 38.1 Å². The lowest BCUT2D eigenvalue weighted by Crippen LogP contribution is -2.07. The molecule has 0 amide bonds. The number of nitrogens with two attached hydrogens (primary N) is 1. The standard InChI is InChI=1S/C16H21N3O/c1-10(2)16-18-13(9-15(17)19-16)12-7-5-6-8-14(12)20-11(3)4/h5-11H,1-4H3,(H2,17,18,19). The highest BCUT2D eigenvalue weighted by Gasteiger charge is 2.12. The Morgan fingerprint density at radius 2 is 1.75 bits per heavy atom. The molecule has 20 heavy (non-hydrogen) atoms. The van der Waals surface area contributed by atoms with Gasteiger partial charge in [0, 0.05) is 17.5 Å². The first-order valence-electron chi connectivity index (χ1n) is 6.88. The van der Waals surface area contributed by atoms with Crippen molar-refractivity contribution < 1.29 is 4.74 Å². The van der Waals surface area contributed by atoms with Crippen LogP contribution >= 0.6 is 0 Å². The quantitative estimate of drug-likeness (QED) is 0.922. The average Bonchev–Trinajstić information content (AvgIpc) is 2.37. The van der Waals surface area contributed by atoms with Crippen LogP contribution in [0.5, 0.6) is 5.75 Å². The van der Waals surface area contributed by atoms with Crippen molar-refractivity contribution in [2.45, 2.75) is 39.7 Å². The normalized spacial score (nSPS) is 11.1. The van der Waals surface area contributed by atoms with E-state index in [1.165, 1.54) is 0 Å². The van der Waals surface area contributed by atoms with Crippen molar-refractivity contribution in [3.8, 4) is 17.0 Å². The summed E-state index contributed by atoms with van der Waals surface area (Å²) in [6.07, 6.45) is 0.111. The highest BCUT2D eigenvalue weighted by Crippen LogP contribution is 2.30. The van der Waals surface area contributed by atoms with Gasteiger partial charge in [0.25, 0.3) is 0 Å². The molecule has 0 unspecified atom stereocenters. The fourth-order valence-corrected chi connectivity index (χ4v) is 1.92. The highest BCUT2D eigenvalue weighted by atomic mass is 16.5. The van der Waals surface area contributed by atoms with E-state index in [2.05, 4.69) is 23.8 Å². The predicted octanol–water partition coefficient (Wildman–Crippen LogP) is 3.64. The van der Waals surface area contributed by atoms with Crippen LogP contribution in [-0.2, 0) is 0 Å². The zero-order valence-corrected chi connectivity index (χ0v) is 12.4. The third-order valence-corrected chi connectivity index (χ3v) is 2.81. The Bertz CT molecular complexity index is 594. The molecule has 0 aliphatic heterocycles. The summed E-state index contributed by atoms with van der Waals surface area (Å²) in [4.78, 5) is 8.88. The molecular formula is C16H21N3O. The SMILES string of the molecule is CC(C)Oc1ccccc1-c1cc(N)nc(C(C)C)n1. The van der Waals surface area contributed by atoms with Gasteiger partial charge in [0.05, 0.1) is 11.8 Å². The lowest BCUT2D eigenvalue weighted by Gasteiger charge is -2.15. The summed E-state index contributed by atoms with van der Waals surface area (Å²) < 4.78 is 5.84. The van der Waals surface area contributed by atoms with Gasteiger partial charge in [0.1, 0.15) is 17.4 Å². The molecule has 2 N–H and O–H groups in total. The molecule has 0 saturated carbocycles. The van der Waals surface area contributed by atoms with Crippen molar-refractivity contribution in [1.29, 1.82) is 0 Å². The van der Waals surface area contributed by atoms with Crippen LogP contribution in [0.3, 0.4) is 0 Å². The van der Waals surface area contributed by atoms with Gasteiger partial charge < -0.3 is 10.5 Å². The van der Waals surface area contributed by atoms with Crippen LogP contribution in [-0.4, -0.2) is 16.1 Å². The number of hydrogen-bond donors (Lipinski definition) is 1. The van der Waals surface area contributed by atoms with Gasteiger partial charge in [-0.2, -0.15) is 0 Å². The zero-order chi connectivity index (χ0) is 14.7. The molecule has 106 valence electrons. The molecule has 2 aromatic rings. The Morgan fingerprint density at radius 3 is 2.40 bits per heavy atom. The number of para-hydroxylation sites is 1. The number of anilines is 1. The first-order chi connectivity index (χ1) is 9.47. The number of benzene rings is 1. The third kappa shape index (κ3) is 3.26. The fourth-order valence-electron chi connectivity index (χ4n) is 1.92. The van der Waals surface area contributed by atoms with Crippen LogP contribution in [0.4, 0.5) is 5.82 Å². The van der Waals surface area contributed by atoms with Gasteiger partial charge in [-0.1, -0.05) is 26.0 Å². The molecule has 0 aliphatic carbocycles. The minimum absolute atomic E-state index is 0.111. The van der Waals surface area contributed by atoms with Crippen LogP contribution in [0.2, 0.25) is 0 Å². The molecule has 0 aliphatic rings. The van der Waals surface area contributed by atoms with E-state index in [9.17, 15) is 0 Å². The molecule has 4 nitrogen and oxygen atoms in total. The van der Waals surface area contributed by atoms with Gasteiger partial charge in [-0.15, -0.1) is 0 Å². The van der Waals surface area contributed by atoms with Crippen molar-refractivity contribution in [2.24, 2.45) is 0 Å². The summed E-state index contributed by atoms with van der Waals surface area (Å²) in [5.41, 5.74) is 7.64. The molecule has 0 atom stereocenters. The van der Waals surface area contributed by atoms with Gasteiger partial charge in [-0.05, 0) is 26.0 Å². The van der Waals surface area contributed by atoms with E-state index in [0.717, 1.165) is 22.8 Å². The first-order valence-corrected chi connectivity index (χ1v) is 6.88. The van der Waals surface area contributed by atoms with Gasteiger partial charge in [0.15, 0.2) is 0 Å². The second kappa shape index (κ2) is 5.90. The summed E-state index contributed by atoms with van der Waals surface area (Å²) in [5.74, 6) is 2.28. The number of hydrogen-bond acceptors (Lipinski definition) is 4. The number of nitrogens with zero attached hydrogens (tertiary/aromatic N) is 2. The zero-order valence-electron chi connectivity index (χ0n) is 12.4. The van der Waals surface area contributed by atoms with E-state index < -0.39 is 0 Å². The number of rotatable bonds is 4. The van der Waals surface area contributed by atoms with Crippen molar-refractivity contribution in [3.63, 3.8) is 0 Å². The Balaban J connectivity index is 2.51. The Morgan fingerprint density at radius 1 is 1.05 bits per heavy atom. The van der Waals surface area contributed by atoms with Crippen molar-refractivity contribution in [3.05, 3.63) is 36.2 Å². The van der Waals surface area contributed by atoms with Crippen molar-refractivity contribution in [2.75, 3.05) is 5.73 Å². The second-order valence-electron chi connectivity index (χ2n) is 5.35. The van der Waals surface area contributed by atoms with E-state index in [0.29, 0.717) is 5.82 Å². The number of ether oxygens (including phenoxy) is 1. The number of nitrogen functional groups attached to an aromatic ring is 1. The van der Waals surface area contributed by atoms with Gasteiger partial charge in [-0.3, -0.25) is 0 Å². The Labute approximate surface area is 120 Å². The maximum Gasteiger partial charge on any atom is 0.133 e. The predicted molar refractivity (Wildman–Crippen MR) is 81.7 cm³/mol. The summed E-state index contributed by atoms with van der Waals surface area (Å²) in [5, 5.41) is 0. The van der Waals surface area contributed by atoms with E-state index in [-0.39, 0.29) is 12.0 Å². The number of aromatic nitrogens is 2. The fraction of sp³-hybridized carbons (Fsp3) is 0.375. The second-order valence-corrected chi connectivity index (χ2v) is 5.35. The van der Waals surface area contributed by atoms with Crippen molar-refractivity contribution >= 4 is 5.82 Å². The maximum absolute atomic E-state index is 5.89. The molecule has 0 bridgehead atoms. The Kier molecular flexibility index (Phi) is 4.23. The molecule has 0 radical (unpaired) electrons. The van der Waals surface area contributed by atoms with Crippen LogP contribution in [0.1, 0.15) is 39.4 Å². The Hall–Kier alpha value is -2.10. The van der Waals surface area contributed by atoms with Crippen LogP contribution in [0.15, 0.2) is 30.3 Å². The molecule has 1 aromatic carbocycles. The maximum atomic E-state index is 5.89. The van der Waals surface area contributed by atoms with Gasteiger partial charge in [0.2, 0.25) is 0 Å². The van der Waals surface area contributed by atoms with Crippen molar-refractivity contribution in [1.82, 2.24) is 9.97 Å². The van der Waals surface area contributed by atoms with Gasteiger partial charge >= 0.3 is 0 Å². The largest absolute Gasteiger partial charge is 0.490 e. The third-order valence-electron chi connectivity index (χ3n) is 2.81. The van der Waals surface area contributed by atoms with Crippen LogP contribution in [0.25, 0.3) is 11.3 Å². The summed E-state index contributed by atoms with van der Waals surface area (Å²) >= 11 is 0. The molecule has 1 aromatic heterocycles. The monoisotopic (exact) mass is 271 g/mol. The first kappa shape index (κ1) is 14.3. The van der Waals surface area contributed by atoms with Gasteiger partial charge in [-0.25, -0.2) is 9.97 Å². The molecule has 0 saturated heterocycles. The summed E-state index contributed by atoms with van der Waals surface area (Å²) in [6.45, 7) is 8.11. The summed E-state index contributed by atoms with van der Waals surface area (Å²) in [7, 11) is 0. The van der Waals surface area contributed by atoms with E-state index in [4.69, 9.17) is 10.5 Å². The summed E-state index contributed by atoms with van der Waals surface area (Å²) in [6, 6.07) is 9.64.